The fourth-order valence-electron chi connectivity index (χ4n) is 3.87. The molecule has 30 heavy (non-hydrogen) atoms. The highest BCUT2D eigenvalue weighted by Gasteiger charge is 2.19. The maximum Gasteiger partial charge on any atom is 0.275 e. The Bertz CT molecular complexity index is 1220. The highest BCUT2D eigenvalue weighted by atomic mass is 16.1. The third kappa shape index (κ3) is 4.04. The number of rotatable bonds is 7. The molecule has 0 bridgehead atoms. The van der Waals surface area contributed by atoms with Crippen LogP contribution in [0.25, 0.3) is 12.2 Å². The third-order valence-corrected chi connectivity index (χ3v) is 5.81. The normalized spacial score (nSPS) is 13.2. The SMILES string of the molecule is C=c1[nH]n2c(=O)c(C)c(C(CC)CCCC)nc2c1=Nc1ccc(N(C)C)cc1C. The van der Waals surface area contributed by atoms with Crippen LogP contribution >= 0.6 is 0 Å². The number of anilines is 1. The van der Waals surface area contributed by atoms with Crippen LogP contribution in [0.1, 0.15) is 62.3 Å². The molecule has 2 heterocycles. The average molecular weight is 408 g/mol. The molecule has 0 aliphatic rings. The van der Waals surface area contributed by atoms with Crippen LogP contribution < -0.4 is 21.2 Å². The summed E-state index contributed by atoms with van der Waals surface area (Å²) in [5.41, 5.74) is 5.10. The van der Waals surface area contributed by atoms with Crippen molar-refractivity contribution in [1.29, 1.82) is 0 Å². The number of H-pyrrole nitrogens is 1. The van der Waals surface area contributed by atoms with E-state index in [0.717, 1.165) is 48.3 Å². The van der Waals surface area contributed by atoms with Gasteiger partial charge in [0.05, 0.1) is 16.7 Å². The molecule has 0 saturated heterocycles. The van der Waals surface area contributed by atoms with Gasteiger partial charge in [0.2, 0.25) is 0 Å². The smallest absolute Gasteiger partial charge is 0.275 e. The van der Waals surface area contributed by atoms with Gasteiger partial charge in [-0.3, -0.25) is 9.89 Å². The maximum absolute atomic E-state index is 13.1. The molecule has 0 aliphatic heterocycles. The molecule has 0 fully saturated rings. The number of unbranched alkanes of at least 4 members (excludes halogenated alkanes) is 1. The number of nitrogens with zero attached hydrogens (tertiary/aromatic N) is 4. The molecule has 3 rings (SSSR count). The second-order valence-electron chi connectivity index (χ2n) is 8.25. The van der Waals surface area contributed by atoms with Crippen molar-refractivity contribution in [3.63, 3.8) is 0 Å². The van der Waals surface area contributed by atoms with E-state index in [1.807, 2.05) is 40.1 Å². The topological polar surface area (TPSA) is 65.8 Å². The molecule has 1 unspecified atom stereocenters. The van der Waals surface area contributed by atoms with Gasteiger partial charge < -0.3 is 4.90 Å². The Morgan fingerprint density at radius 1 is 1.27 bits per heavy atom. The maximum atomic E-state index is 13.1. The summed E-state index contributed by atoms with van der Waals surface area (Å²) in [4.78, 5) is 24.9. The quantitative estimate of drug-likeness (QED) is 0.649. The molecule has 0 aliphatic carbocycles. The number of benzene rings is 1. The second kappa shape index (κ2) is 8.86. The summed E-state index contributed by atoms with van der Waals surface area (Å²) in [5.74, 6) is 0.278. The molecule has 0 saturated carbocycles. The Hall–Kier alpha value is -2.89. The molecule has 2 aromatic heterocycles. The molecule has 3 aromatic rings. The Balaban J connectivity index is 2.24. The first kappa shape index (κ1) is 21.8. The van der Waals surface area contributed by atoms with Crippen LogP contribution in [-0.4, -0.2) is 28.7 Å². The Labute approximate surface area is 178 Å². The second-order valence-corrected chi connectivity index (χ2v) is 8.25. The van der Waals surface area contributed by atoms with Crippen LogP contribution in [0, 0.1) is 13.8 Å². The molecule has 160 valence electrons. The van der Waals surface area contributed by atoms with Crippen molar-refractivity contribution in [3.8, 4) is 0 Å². The molecule has 0 spiro atoms. The van der Waals surface area contributed by atoms with Gasteiger partial charge in [-0.15, -0.1) is 0 Å². The summed E-state index contributed by atoms with van der Waals surface area (Å²) in [7, 11) is 4.03. The summed E-state index contributed by atoms with van der Waals surface area (Å²) in [6.45, 7) is 12.3. The van der Waals surface area contributed by atoms with Crippen molar-refractivity contribution < 1.29 is 0 Å². The highest BCUT2D eigenvalue weighted by Crippen LogP contribution is 2.26. The Kier molecular flexibility index (Phi) is 6.44. The molecule has 0 radical (unpaired) electrons. The first-order chi connectivity index (χ1) is 14.3. The van der Waals surface area contributed by atoms with Gasteiger partial charge in [0, 0.05) is 31.3 Å². The zero-order chi connectivity index (χ0) is 22.0. The van der Waals surface area contributed by atoms with Gasteiger partial charge in [0.25, 0.3) is 5.56 Å². The van der Waals surface area contributed by atoms with Gasteiger partial charge in [-0.2, -0.15) is 4.52 Å². The predicted octanol–water partition coefficient (Wildman–Crippen LogP) is 3.75. The van der Waals surface area contributed by atoms with E-state index in [1.54, 1.807) is 0 Å². The number of hydrogen-bond acceptors (Lipinski definition) is 4. The van der Waals surface area contributed by atoms with Gasteiger partial charge >= 0.3 is 0 Å². The number of hydrogen-bond donors (Lipinski definition) is 1. The van der Waals surface area contributed by atoms with E-state index in [1.165, 1.54) is 4.52 Å². The van der Waals surface area contributed by atoms with E-state index < -0.39 is 0 Å². The monoisotopic (exact) mass is 407 g/mol. The van der Waals surface area contributed by atoms with Crippen LogP contribution in [0.15, 0.2) is 28.0 Å². The zero-order valence-electron chi connectivity index (χ0n) is 19.0. The zero-order valence-corrected chi connectivity index (χ0v) is 19.0. The van der Waals surface area contributed by atoms with E-state index in [0.29, 0.717) is 21.9 Å². The minimum Gasteiger partial charge on any atom is -0.378 e. The van der Waals surface area contributed by atoms with Crippen LogP contribution in [0.5, 0.6) is 0 Å². The van der Waals surface area contributed by atoms with Gasteiger partial charge in [-0.1, -0.05) is 33.3 Å². The molecule has 1 atom stereocenters. The summed E-state index contributed by atoms with van der Waals surface area (Å²) in [6.07, 6.45) is 4.26. The van der Waals surface area contributed by atoms with Gasteiger partial charge in [0.1, 0.15) is 5.36 Å². The van der Waals surface area contributed by atoms with Gasteiger partial charge in [-0.25, -0.2) is 9.98 Å². The van der Waals surface area contributed by atoms with Crippen molar-refractivity contribution in [2.45, 2.75) is 59.3 Å². The van der Waals surface area contributed by atoms with Crippen molar-refractivity contribution in [1.82, 2.24) is 14.6 Å². The average Bonchev–Trinajstić information content (AvgIpc) is 3.03. The molecular weight excluding hydrogens is 374 g/mol. The fraction of sp³-hybridized carbons (Fsp3) is 0.458. The molecular formula is C24H33N5O. The van der Waals surface area contributed by atoms with Crippen molar-refractivity contribution in [2.24, 2.45) is 4.99 Å². The number of aryl methyl sites for hydroxylation is 1. The lowest BCUT2D eigenvalue weighted by Crippen LogP contribution is -2.23. The van der Waals surface area contributed by atoms with E-state index in [2.05, 4.69) is 36.5 Å². The van der Waals surface area contributed by atoms with Crippen molar-refractivity contribution >= 4 is 23.6 Å². The number of aromatic nitrogens is 3. The van der Waals surface area contributed by atoms with E-state index in [4.69, 9.17) is 9.98 Å². The lowest BCUT2D eigenvalue weighted by Gasteiger charge is -2.16. The first-order valence-electron chi connectivity index (χ1n) is 10.7. The standard InChI is InChI=1S/C24H33N5O/c1-8-10-11-18(9-2)21-16(4)24(30)29-23(26-21)22(17(5)27-29)25-20-13-12-19(28(6)7)14-15(20)3/h12-14,18,27H,5,8-11H2,1-4,6-7H3. The largest absolute Gasteiger partial charge is 0.378 e. The third-order valence-electron chi connectivity index (χ3n) is 5.81. The number of nitrogens with one attached hydrogen (secondary N) is 1. The van der Waals surface area contributed by atoms with E-state index >= 15 is 0 Å². The molecule has 1 N–H and O–H groups in total. The lowest BCUT2D eigenvalue weighted by molar-refractivity contribution is 0.553. The molecule has 6 heteroatoms. The van der Waals surface area contributed by atoms with Crippen molar-refractivity contribution in [2.75, 3.05) is 19.0 Å². The molecule has 6 nitrogen and oxygen atoms in total. The Morgan fingerprint density at radius 2 is 2.00 bits per heavy atom. The summed E-state index contributed by atoms with van der Waals surface area (Å²) in [6, 6.07) is 6.14. The summed E-state index contributed by atoms with van der Waals surface area (Å²) < 4.78 is 1.48. The number of aromatic amines is 1. The minimum atomic E-state index is -0.0732. The summed E-state index contributed by atoms with van der Waals surface area (Å²) in [5, 5.41) is 4.28. The molecule has 1 aromatic carbocycles. The number of fused-ring (bicyclic) bond motifs is 1. The van der Waals surface area contributed by atoms with Crippen LogP contribution in [-0.2, 0) is 0 Å². The van der Waals surface area contributed by atoms with Gasteiger partial charge in [0.15, 0.2) is 5.65 Å². The van der Waals surface area contributed by atoms with Crippen LogP contribution in [0.2, 0.25) is 0 Å². The summed E-state index contributed by atoms with van der Waals surface area (Å²) >= 11 is 0. The first-order valence-corrected chi connectivity index (χ1v) is 10.7. The molecule has 0 amide bonds. The van der Waals surface area contributed by atoms with Gasteiger partial charge in [-0.05, 0) is 50.5 Å². The lowest BCUT2D eigenvalue weighted by atomic mass is 9.93. The predicted molar refractivity (Wildman–Crippen MR) is 125 cm³/mol. The van der Waals surface area contributed by atoms with E-state index in [-0.39, 0.29) is 11.5 Å². The van der Waals surface area contributed by atoms with Crippen LogP contribution in [0.3, 0.4) is 0 Å². The van der Waals surface area contributed by atoms with Crippen molar-refractivity contribution in [3.05, 3.63) is 56.1 Å². The van der Waals surface area contributed by atoms with E-state index in [9.17, 15) is 4.79 Å². The minimum absolute atomic E-state index is 0.0732. The Morgan fingerprint density at radius 3 is 2.60 bits per heavy atom. The fourth-order valence-corrected chi connectivity index (χ4v) is 3.87. The highest BCUT2D eigenvalue weighted by molar-refractivity contribution is 5.57. The van der Waals surface area contributed by atoms with Crippen LogP contribution in [0.4, 0.5) is 11.4 Å².